The maximum Gasteiger partial charge on any atom is 0.279 e. The Bertz CT molecular complexity index is 1100. The Labute approximate surface area is 159 Å². The summed E-state index contributed by atoms with van der Waals surface area (Å²) in [5.74, 6) is 1.20. The highest BCUT2D eigenvalue weighted by Crippen LogP contribution is 2.35. The van der Waals surface area contributed by atoms with Gasteiger partial charge in [-0.2, -0.15) is 0 Å². The van der Waals surface area contributed by atoms with Crippen LogP contribution < -0.4 is 4.74 Å². The lowest BCUT2D eigenvalue weighted by Crippen LogP contribution is -1.92. The summed E-state index contributed by atoms with van der Waals surface area (Å²) in [5, 5.41) is 12.3. The van der Waals surface area contributed by atoms with Crippen LogP contribution in [0.4, 0.5) is 5.69 Å². The zero-order chi connectivity index (χ0) is 18.6. The van der Waals surface area contributed by atoms with Crippen molar-refractivity contribution in [3.63, 3.8) is 0 Å². The number of pyridine rings is 2. The third-order valence-corrected chi connectivity index (χ3v) is 4.90. The smallest absolute Gasteiger partial charge is 0.279 e. The van der Waals surface area contributed by atoms with Gasteiger partial charge in [0.1, 0.15) is 11.5 Å². The highest BCUT2D eigenvalue weighted by atomic mass is 32.2. The number of non-ortho nitro benzene ring substituents is 1. The Morgan fingerprint density at radius 3 is 2.26 bits per heavy atom. The molecule has 0 atom stereocenters. The zero-order valence-electron chi connectivity index (χ0n) is 14.0. The van der Waals surface area contributed by atoms with Crippen LogP contribution in [0.1, 0.15) is 0 Å². The highest BCUT2D eigenvalue weighted by molar-refractivity contribution is 7.99. The molecule has 132 valence electrons. The molecule has 6 nitrogen and oxygen atoms in total. The van der Waals surface area contributed by atoms with Crippen LogP contribution >= 0.6 is 11.8 Å². The van der Waals surface area contributed by atoms with Gasteiger partial charge in [0.2, 0.25) is 0 Å². The van der Waals surface area contributed by atoms with Gasteiger partial charge in [-0.3, -0.25) is 20.1 Å². The third-order valence-electron chi connectivity index (χ3n) is 3.89. The number of nitrogens with zero attached hydrogens (tertiary/aromatic N) is 3. The SMILES string of the molecule is O=[N+]([O-])c1ccc(Oc2ccc(Sc3ccncc3)cc2)c2ccncc12. The Morgan fingerprint density at radius 2 is 1.52 bits per heavy atom. The fourth-order valence-electron chi connectivity index (χ4n) is 2.64. The number of benzene rings is 2. The molecule has 0 bridgehead atoms. The lowest BCUT2D eigenvalue weighted by molar-refractivity contribution is -0.383. The molecule has 4 rings (SSSR count). The van der Waals surface area contributed by atoms with Crippen LogP contribution in [0.5, 0.6) is 11.5 Å². The van der Waals surface area contributed by atoms with Crippen molar-refractivity contribution in [1.29, 1.82) is 0 Å². The predicted molar refractivity (Wildman–Crippen MR) is 103 cm³/mol. The van der Waals surface area contributed by atoms with Crippen LogP contribution in [0.25, 0.3) is 10.8 Å². The molecule has 0 N–H and O–H groups in total. The first-order valence-electron chi connectivity index (χ1n) is 8.07. The molecule has 0 radical (unpaired) electrons. The molecule has 2 aromatic heterocycles. The molecule has 0 saturated heterocycles. The Morgan fingerprint density at radius 1 is 0.815 bits per heavy atom. The van der Waals surface area contributed by atoms with E-state index in [1.54, 1.807) is 42.5 Å². The minimum atomic E-state index is -0.418. The summed E-state index contributed by atoms with van der Waals surface area (Å²) >= 11 is 1.63. The molecule has 27 heavy (non-hydrogen) atoms. The molecule has 7 heteroatoms. The van der Waals surface area contributed by atoms with Crippen molar-refractivity contribution >= 4 is 28.2 Å². The lowest BCUT2D eigenvalue weighted by atomic mass is 10.1. The van der Waals surface area contributed by atoms with Crippen LogP contribution in [0.15, 0.2) is 89.2 Å². The van der Waals surface area contributed by atoms with Gasteiger partial charge in [0, 0.05) is 46.0 Å². The Balaban J connectivity index is 1.59. The summed E-state index contributed by atoms with van der Waals surface area (Å²) < 4.78 is 5.96. The quantitative estimate of drug-likeness (QED) is 0.339. The van der Waals surface area contributed by atoms with E-state index < -0.39 is 4.92 Å². The topological polar surface area (TPSA) is 78.2 Å². The van der Waals surface area contributed by atoms with E-state index in [9.17, 15) is 10.1 Å². The van der Waals surface area contributed by atoms with E-state index in [2.05, 4.69) is 9.97 Å². The second-order valence-electron chi connectivity index (χ2n) is 5.62. The summed E-state index contributed by atoms with van der Waals surface area (Å²) in [6.07, 6.45) is 6.59. The van der Waals surface area contributed by atoms with E-state index in [4.69, 9.17) is 4.74 Å². The van der Waals surface area contributed by atoms with E-state index in [0.29, 0.717) is 22.3 Å². The summed E-state index contributed by atoms with van der Waals surface area (Å²) in [5.41, 5.74) is 0.00884. The standard InChI is InChI=1S/C20H13N3O3S/c24-23(25)19-5-6-20(17-9-12-22-13-18(17)19)26-14-1-3-15(4-2-14)27-16-7-10-21-11-8-16/h1-13H. The Hall–Kier alpha value is -3.45. The number of nitro groups is 1. The van der Waals surface area contributed by atoms with Crippen LogP contribution in [-0.2, 0) is 0 Å². The summed E-state index contributed by atoms with van der Waals surface area (Å²) in [6.45, 7) is 0. The van der Waals surface area contributed by atoms with E-state index in [-0.39, 0.29) is 5.69 Å². The van der Waals surface area contributed by atoms with Gasteiger partial charge in [-0.1, -0.05) is 11.8 Å². The molecule has 0 spiro atoms. The van der Waals surface area contributed by atoms with Crippen molar-refractivity contribution < 1.29 is 9.66 Å². The molecule has 0 unspecified atom stereocenters. The summed E-state index contributed by atoms with van der Waals surface area (Å²) in [7, 11) is 0. The first kappa shape index (κ1) is 17.0. The van der Waals surface area contributed by atoms with Crippen molar-refractivity contribution in [3.8, 4) is 11.5 Å². The minimum absolute atomic E-state index is 0.00884. The van der Waals surface area contributed by atoms with Gasteiger partial charge in [0.15, 0.2) is 0 Å². The van der Waals surface area contributed by atoms with Crippen LogP contribution in [0.3, 0.4) is 0 Å². The van der Waals surface area contributed by atoms with Gasteiger partial charge in [-0.15, -0.1) is 0 Å². The normalized spacial score (nSPS) is 10.7. The molecule has 4 aromatic rings. The van der Waals surface area contributed by atoms with Crippen molar-refractivity contribution in [2.75, 3.05) is 0 Å². The number of aromatic nitrogens is 2. The van der Waals surface area contributed by atoms with E-state index in [1.807, 2.05) is 36.4 Å². The maximum atomic E-state index is 11.2. The van der Waals surface area contributed by atoms with E-state index in [0.717, 1.165) is 9.79 Å². The van der Waals surface area contributed by atoms with Crippen LogP contribution in [0, 0.1) is 10.1 Å². The number of hydrogen-bond acceptors (Lipinski definition) is 6. The second-order valence-corrected chi connectivity index (χ2v) is 6.77. The molecular weight excluding hydrogens is 362 g/mol. The van der Waals surface area contributed by atoms with Gasteiger partial charge in [0.05, 0.1) is 10.3 Å². The summed E-state index contributed by atoms with van der Waals surface area (Å²) in [6, 6.07) is 16.3. The number of ether oxygens (including phenoxy) is 1. The van der Waals surface area contributed by atoms with Crippen LogP contribution in [-0.4, -0.2) is 14.9 Å². The lowest BCUT2D eigenvalue weighted by Gasteiger charge is -2.10. The molecule has 0 aliphatic heterocycles. The van der Waals surface area contributed by atoms with Crippen LogP contribution in [0.2, 0.25) is 0 Å². The fraction of sp³-hybridized carbons (Fsp3) is 0. The minimum Gasteiger partial charge on any atom is -0.457 e. The predicted octanol–water partition coefficient (Wildman–Crippen LogP) is 5.48. The Kier molecular flexibility index (Phi) is 4.67. The summed E-state index contributed by atoms with van der Waals surface area (Å²) in [4.78, 5) is 21.0. The number of nitro benzene ring substituents is 1. The van der Waals surface area contributed by atoms with Gasteiger partial charge < -0.3 is 4.74 Å². The first-order chi connectivity index (χ1) is 13.2. The molecule has 0 saturated carbocycles. The fourth-order valence-corrected chi connectivity index (χ4v) is 3.44. The largest absolute Gasteiger partial charge is 0.457 e. The molecule has 0 aliphatic carbocycles. The van der Waals surface area contributed by atoms with Gasteiger partial charge in [-0.05, 0) is 48.5 Å². The highest BCUT2D eigenvalue weighted by Gasteiger charge is 2.15. The number of rotatable bonds is 5. The molecular formula is C20H13N3O3S. The molecule has 0 fully saturated rings. The average molecular weight is 375 g/mol. The van der Waals surface area contributed by atoms with Gasteiger partial charge in [-0.25, -0.2) is 0 Å². The van der Waals surface area contributed by atoms with Crippen molar-refractivity contribution in [3.05, 3.63) is 89.5 Å². The van der Waals surface area contributed by atoms with E-state index in [1.165, 1.54) is 12.3 Å². The molecule has 2 aromatic carbocycles. The molecule has 0 amide bonds. The average Bonchev–Trinajstić information content (AvgIpc) is 2.70. The molecule has 0 aliphatic rings. The number of hydrogen-bond donors (Lipinski definition) is 0. The molecule has 2 heterocycles. The first-order valence-corrected chi connectivity index (χ1v) is 8.89. The monoisotopic (exact) mass is 375 g/mol. The van der Waals surface area contributed by atoms with Gasteiger partial charge >= 0.3 is 0 Å². The third kappa shape index (κ3) is 3.73. The van der Waals surface area contributed by atoms with Gasteiger partial charge in [0.25, 0.3) is 5.69 Å². The second kappa shape index (κ2) is 7.43. The van der Waals surface area contributed by atoms with Crippen molar-refractivity contribution in [2.24, 2.45) is 0 Å². The zero-order valence-corrected chi connectivity index (χ0v) is 14.8. The maximum absolute atomic E-state index is 11.2. The van der Waals surface area contributed by atoms with Crippen molar-refractivity contribution in [1.82, 2.24) is 9.97 Å². The number of fused-ring (bicyclic) bond motifs is 1. The van der Waals surface area contributed by atoms with E-state index >= 15 is 0 Å². The van der Waals surface area contributed by atoms with Crippen molar-refractivity contribution in [2.45, 2.75) is 9.79 Å².